The molecule has 2 aromatic carbocycles. The molecule has 2 heterocycles. The molecule has 0 spiro atoms. The van der Waals surface area contributed by atoms with Gasteiger partial charge in [-0.3, -0.25) is 9.59 Å². The number of benzene rings is 2. The maximum absolute atomic E-state index is 13.5. The molecule has 0 saturated heterocycles. The second kappa shape index (κ2) is 8.59. The SMILES string of the molecule is COCCN1C(=O)c2ccccc2C(C(=O)Nc2ccccc2)C1c1cccs1. The van der Waals surface area contributed by atoms with Crippen LogP contribution in [-0.4, -0.2) is 37.0 Å². The lowest BCUT2D eigenvalue weighted by molar-refractivity contribution is -0.119. The van der Waals surface area contributed by atoms with Gasteiger partial charge < -0.3 is 15.0 Å². The van der Waals surface area contributed by atoms with E-state index in [1.807, 2.05) is 66.0 Å². The van der Waals surface area contributed by atoms with Crippen molar-refractivity contribution in [2.24, 2.45) is 0 Å². The Balaban J connectivity index is 1.80. The maximum Gasteiger partial charge on any atom is 0.254 e. The topological polar surface area (TPSA) is 58.6 Å². The lowest BCUT2D eigenvalue weighted by atomic mass is 9.81. The normalized spacial score (nSPS) is 18.4. The number of nitrogens with one attached hydrogen (secondary N) is 1. The summed E-state index contributed by atoms with van der Waals surface area (Å²) in [6.45, 7) is 0.824. The van der Waals surface area contributed by atoms with Crippen molar-refractivity contribution in [3.05, 3.63) is 88.1 Å². The molecule has 1 aromatic heterocycles. The molecule has 2 amide bonds. The van der Waals surface area contributed by atoms with Gasteiger partial charge >= 0.3 is 0 Å². The minimum absolute atomic E-state index is 0.0696. The highest BCUT2D eigenvalue weighted by atomic mass is 32.1. The molecule has 0 aliphatic carbocycles. The lowest BCUT2D eigenvalue weighted by Crippen LogP contribution is -2.47. The maximum atomic E-state index is 13.5. The second-order valence-electron chi connectivity index (χ2n) is 6.87. The van der Waals surface area contributed by atoms with Crippen molar-refractivity contribution in [3.8, 4) is 0 Å². The van der Waals surface area contributed by atoms with E-state index >= 15 is 0 Å². The summed E-state index contributed by atoms with van der Waals surface area (Å²) in [4.78, 5) is 29.5. The zero-order valence-corrected chi connectivity index (χ0v) is 16.9. The van der Waals surface area contributed by atoms with E-state index in [1.165, 1.54) is 0 Å². The molecule has 0 saturated carbocycles. The Morgan fingerprint density at radius 2 is 1.83 bits per heavy atom. The van der Waals surface area contributed by atoms with Crippen molar-refractivity contribution in [1.29, 1.82) is 0 Å². The molecule has 6 heteroatoms. The first-order chi connectivity index (χ1) is 14.2. The smallest absolute Gasteiger partial charge is 0.254 e. The number of carbonyl (C=O) groups is 2. The average molecular weight is 407 g/mol. The van der Waals surface area contributed by atoms with E-state index in [0.717, 1.165) is 16.1 Å². The molecule has 0 radical (unpaired) electrons. The molecule has 1 aliphatic rings. The summed E-state index contributed by atoms with van der Waals surface area (Å²) in [5.41, 5.74) is 2.07. The second-order valence-corrected chi connectivity index (χ2v) is 7.85. The fourth-order valence-electron chi connectivity index (χ4n) is 3.83. The van der Waals surface area contributed by atoms with Crippen LogP contribution < -0.4 is 5.32 Å². The molecule has 1 aliphatic heterocycles. The van der Waals surface area contributed by atoms with Crippen LogP contribution in [0, 0.1) is 0 Å². The molecule has 2 unspecified atom stereocenters. The van der Waals surface area contributed by atoms with Gasteiger partial charge in [-0.1, -0.05) is 42.5 Å². The number of amides is 2. The third-order valence-corrected chi connectivity index (χ3v) is 6.08. The van der Waals surface area contributed by atoms with E-state index in [0.29, 0.717) is 18.7 Å². The Morgan fingerprint density at radius 1 is 1.07 bits per heavy atom. The Morgan fingerprint density at radius 3 is 2.55 bits per heavy atom. The van der Waals surface area contributed by atoms with Crippen LogP contribution in [0.4, 0.5) is 5.69 Å². The van der Waals surface area contributed by atoms with Crippen LogP contribution in [-0.2, 0) is 9.53 Å². The van der Waals surface area contributed by atoms with Crippen LogP contribution in [0.5, 0.6) is 0 Å². The molecule has 29 heavy (non-hydrogen) atoms. The van der Waals surface area contributed by atoms with Gasteiger partial charge in [-0.15, -0.1) is 11.3 Å². The van der Waals surface area contributed by atoms with Crippen LogP contribution in [0.3, 0.4) is 0 Å². The van der Waals surface area contributed by atoms with Gasteiger partial charge in [0.1, 0.15) is 0 Å². The van der Waals surface area contributed by atoms with E-state index in [4.69, 9.17) is 4.74 Å². The quantitative estimate of drug-likeness (QED) is 0.663. The highest BCUT2D eigenvalue weighted by molar-refractivity contribution is 7.10. The van der Waals surface area contributed by atoms with Gasteiger partial charge in [0.2, 0.25) is 5.91 Å². The van der Waals surface area contributed by atoms with Crippen molar-refractivity contribution < 1.29 is 14.3 Å². The minimum Gasteiger partial charge on any atom is -0.383 e. The standard InChI is InChI=1S/C23H22N2O3S/c1-28-14-13-25-21(19-12-7-15-29-19)20(17-10-5-6-11-18(17)23(25)27)22(26)24-16-8-3-2-4-9-16/h2-12,15,20-21H,13-14H2,1H3,(H,24,26). The number of methoxy groups -OCH3 is 1. The summed E-state index contributed by atoms with van der Waals surface area (Å²) < 4.78 is 5.25. The summed E-state index contributed by atoms with van der Waals surface area (Å²) in [6, 6.07) is 20.4. The number of nitrogens with zero attached hydrogens (tertiary/aromatic N) is 1. The molecule has 5 nitrogen and oxygen atoms in total. The third-order valence-electron chi connectivity index (χ3n) is 5.13. The van der Waals surface area contributed by atoms with Crippen LogP contribution in [0.1, 0.15) is 32.8 Å². The molecular formula is C23H22N2O3S. The summed E-state index contributed by atoms with van der Waals surface area (Å²) in [6.07, 6.45) is 0. The van der Waals surface area contributed by atoms with Crippen molar-refractivity contribution in [1.82, 2.24) is 4.90 Å². The van der Waals surface area contributed by atoms with Crippen molar-refractivity contribution >= 4 is 28.8 Å². The zero-order valence-electron chi connectivity index (χ0n) is 16.1. The predicted octanol–water partition coefficient (Wildman–Crippen LogP) is 4.31. The molecule has 3 aromatic rings. The fourth-order valence-corrected chi connectivity index (χ4v) is 4.70. The van der Waals surface area contributed by atoms with E-state index in [-0.39, 0.29) is 17.9 Å². The Bertz CT molecular complexity index is 988. The number of hydrogen-bond donors (Lipinski definition) is 1. The highest BCUT2D eigenvalue weighted by Gasteiger charge is 2.44. The van der Waals surface area contributed by atoms with Crippen molar-refractivity contribution in [3.63, 3.8) is 0 Å². The van der Waals surface area contributed by atoms with Gasteiger partial charge in [0.05, 0.1) is 18.6 Å². The highest BCUT2D eigenvalue weighted by Crippen LogP contribution is 2.44. The number of hydrogen-bond acceptors (Lipinski definition) is 4. The number of anilines is 1. The Kier molecular flexibility index (Phi) is 5.74. The van der Waals surface area contributed by atoms with Crippen molar-refractivity contribution in [2.45, 2.75) is 12.0 Å². The van der Waals surface area contributed by atoms with E-state index in [9.17, 15) is 9.59 Å². The first kappa shape index (κ1) is 19.4. The van der Waals surface area contributed by atoms with Crippen LogP contribution >= 0.6 is 11.3 Å². The van der Waals surface area contributed by atoms with Gasteiger partial charge in [-0.25, -0.2) is 0 Å². The van der Waals surface area contributed by atoms with Crippen LogP contribution in [0.15, 0.2) is 72.1 Å². The number of thiophene rings is 1. The van der Waals surface area contributed by atoms with Crippen LogP contribution in [0.25, 0.3) is 0 Å². The minimum atomic E-state index is -0.514. The number of fused-ring (bicyclic) bond motifs is 1. The molecule has 4 rings (SSSR count). The number of rotatable bonds is 6. The monoisotopic (exact) mass is 406 g/mol. The molecular weight excluding hydrogens is 384 g/mol. The Labute approximate surface area is 173 Å². The van der Waals surface area contributed by atoms with Gasteiger partial charge in [0, 0.05) is 29.8 Å². The Hall–Kier alpha value is -2.96. The van der Waals surface area contributed by atoms with Gasteiger partial charge in [0.15, 0.2) is 0 Å². The lowest BCUT2D eigenvalue weighted by Gasteiger charge is -2.41. The third kappa shape index (κ3) is 3.81. The molecule has 0 fully saturated rings. The summed E-state index contributed by atoms with van der Waals surface area (Å²) in [5.74, 6) is -0.712. The first-order valence-electron chi connectivity index (χ1n) is 9.49. The van der Waals surface area contributed by atoms with E-state index in [1.54, 1.807) is 29.4 Å². The molecule has 0 bridgehead atoms. The molecule has 148 valence electrons. The van der Waals surface area contributed by atoms with Crippen molar-refractivity contribution in [2.75, 3.05) is 25.6 Å². The van der Waals surface area contributed by atoms with Crippen LogP contribution in [0.2, 0.25) is 0 Å². The number of ether oxygens (including phenoxy) is 1. The van der Waals surface area contributed by atoms with Gasteiger partial charge in [0.25, 0.3) is 5.91 Å². The molecule has 2 atom stereocenters. The average Bonchev–Trinajstić information content (AvgIpc) is 3.28. The fraction of sp³-hybridized carbons (Fsp3) is 0.217. The summed E-state index contributed by atoms with van der Waals surface area (Å²) >= 11 is 1.56. The largest absolute Gasteiger partial charge is 0.383 e. The number of carbonyl (C=O) groups excluding carboxylic acids is 2. The molecule has 1 N–H and O–H groups in total. The van der Waals surface area contributed by atoms with Gasteiger partial charge in [-0.2, -0.15) is 0 Å². The van der Waals surface area contributed by atoms with Gasteiger partial charge in [-0.05, 0) is 35.2 Å². The number of para-hydroxylation sites is 1. The predicted molar refractivity (Wildman–Crippen MR) is 114 cm³/mol. The first-order valence-corrected chi connectivity index (χ1v) is 10.4. The summed E-state index contributed by atoms with van der Waals surface area (Å²) in [5, 5.41) is 5.01. The zero-order chi connectivity index (χ0) is 20.2. The summed E-state index contributed by atoms with van der Waals surface area (Å²) in [7, 11) is 1.61. The van der Waals surface area contributed by atoms with E-state index in [2.05, 4.69) is 5.32 Å². The van der Waals surface area contributed by atoms with E-state index < -0.39 is 5.92 Å².